The van der Waals surface area contributed by atoms with E-state index in [1.54, 1.807) is 12.1 Å². The summed E-state index contributed by atoms with van der Waals surface area (Å²) < 4.78 is 0. The van der Waals surface area contributed by atoms with E-state index in [2.05, 4.69) is 6.26 Å². The predicted molar refractivity (Wildman–Crippen MR) is 96.4 cm³/mol. The fraction of sp³-hybridized carbons (Fsp3) is 0.684. The number of aromatic hydroxyl groups is 1. The average molecular weight is 309 g/mol. The molecule has 1 aromatic carbocycles. The Kier molecular flexibility index (Phi) is 11.5. The first-order valence-corrected chi connectivity index (χ1v) is 9.99. The molecule has 0 bridgehead atoms. The Morgan fingerprint density at radius 1 is 0.714 bits per heavy atom. The topological polar surface area (TPSA) is 20.2 Å². The Morgan fingerprint density at radius 2 is 1.19 bits per heavy atom. The normalized spacial score (nSPS) is 10.9. The highest BCUT2D eigenvalue weighted by atomic mass is 32.2. The quantitative estimate of drug-likeness (QED) is 0.438. The fourth-order valence-electron chi connectivity index (χ4n) is 2.65. The number of unbranched alkanes of at least 4 members (excludes halogenated alkanes) is 9. The fourth-order valence-corrected chi connectivity index (χ4v) is 3.15. The second-order valence-electron chi connectivity index (χ2n) is 5.94. The van der Waals surface area contributed by atoms with E-state index in [0.717, 1.165) is 6.42 Å². The molecule has 21 heavy (non-hydrogen) atoms. The van der Waals surface area contributed by atoms with Gasteiger partial charge in [-0.25, -0.2) is 0 Å². The summed E-state index contributed by atoms with van der Waals surface area (Å²) in [6.07, 6.45) is 17.3. The van der Waals surface area contributed by atoms with Gasteiger partial charge in [0.25, 0.3) is 0 Å². The molecule has 0 saturated carbocycles. The van der Waals surface area contributed by atoms with Crippen molar-refractivity contribution in [3.63, 3.8) is 0 Å². The van der Waals surface area contributed by atoms with Crippen LogP contribution in [-0.4, -0.2) is 17.1 Å². The van der Waals surface area contributed by atoms with Gasteiger partial charge >= 0.3 is 0 Å². The highest BCUT2D eigenvalue weighted by Crippen LogP contribution is 2.14. The van der Waals surface area contributed by atoms with E-state index in [1.807, 2.05) is 23.9 Å². The first kappa shape index (κ1) is 18.4. The molecule has 0 aliphatic carbocycles. The molecule has 0 fully saturated rings. The highest BCUT2D eigenvalue weighted by Gasteiger charge is 1.96. The molecule has 0 saturated heterocycles. The van der Waals surface area contributed by atoms with E-state index in [0.29, 0.717) is 5.75 Å². The van der Waals surface area contributed by atoms with Gasteiger partial charge in [0.05, 0.1) is 0 Å². The number of rotatable bonds is 13. The van der Waals surface area contributed by atoms with Crippen molar-refractivity contribution in [3.05, 3.63) is 29.8 Å². The summed E-state index contributed by atoms with van der Waals surface area (Å²) in [6, 6.07) is 7.64. The van der Waals surface area contributed by atoms with Gasteiger partial charge in [-0.1, -0.05) is 63.5 Å². The number of hydrogen-bond donors (Lipinski definition) is 1. The number of phenols is 1. The lowest BCUT2D eigenvalue weighted by atomic mass is 10.0. The lowest BCUT2D eigenvalue weighted by molar-refractivity contribution is 0.475. The third kappa shape index (κ3) is 10.7. The van der Waals surface area contributed by atoms with Crippen molar-refractivity contribution in [3.8, 4) is 5.75 Å². The standard InChI is InChI=1S/C19H32OS/c1-21-17-11-9-7-5-3-2-4-6-8-10-12-18-13-15-19(20)16-14-18/h13-16,20H,2-12,17H2,1H3. The Balaban J connectivity index is 1.81. The highest BCUT2D eigenvalue weighted by molar-refractivity contribution is 7.98. The summed E-state index contributed by atoms with van der Waals surface area (Å²) >= 11 is 1.97. The van der Waals surface area contributed by atoms with Gasteiger partial charge in [0.2, 0.25) is 0 Å². The molecule has 0 spiro atoms. The Hall–Kier alpha value is -0.630. The summed E-state index contributed by atoms with van der Waals surface area (Å²) in [6.45, 7) is 0. The summed E-state index contributed by atoms with van der Waals surface area (Å²) in [5, 5.41) is 9.23. The van der Waals surface area contributed by atoms with Crippen LogP contribution in [0.5, 0.6) is 5.75 Å². The average Bonchev–Trinajstić information content (AvgIpc) is 2.50. The van der Waals surface area contributed by atoms with E-state index in [9.17, 15) is 5.11 Å². The van der Waals surface area contributed by atoms with Crippen LogP contribution in [0.2, 0.25) is 0 Å². The molecule has 0 aliphatic heterocycles. The van der Waals surface area contributed by atoms with Gasteiger partial charge in [0.1, 0.15) is 5.75 Å². The molecule has 0 amide bonds. The first-order valence-electron chi connectivity index (χ1n) is 8.60. The van der Waals surface area contributed by atoms with Crippen molar-refractivity contribution in [2.24, 2.45) is 0 Å². The third-order valence-electron chi connectivity index (χ3n) is 4.00. The van der Waals surface area contributed by atoms with Crippen molar-refractivity contribution < 1.29 is 5.11 Å². The number of hydrogen-bond acceptors (Lipinski definition) is 2. The second kappa shape index (κ2) is 13.1. The van der Waals surface area contributed by atoms with Crippen LogP contribution in [0.15, 0.2) is 24.3 Å². The summed E-state index contributed by atoms with van der Waals surface area (Å²) in [4.78, 5) is 0. The molecule has 1 rings (SSSR count). The minimum Gasteiger partial charge on any atom is -0.508 e. The summed E-state index contributed by atoms with van der Waals surface area (Å²) in [5.74, 6) is 1.70. The number of thioether (sulfide) groups is 1. The van der Waals surface area contributed by atoms with E-state index >= 15 is 0 Å². The minimum atomic E-state index is 0.368. The maximum atomic E-state index is 9.23. The van der Waals surface area contributed by atoms with Gasteiger partial charge in [0, 0.05) is 0 Å². The van der Waals surface area contributed by atoms with Crippen LogP contribution in [0, 0.1) is 0 Å². The lowest BCUT2D eigenvalue weighted by Gasteiger charge is -2.03. The predicted octanol–water partition coefficient (Wildman–Crippen LogP) is 6.20. The summed E-state index contributed by atoms with van der Waals surface area (Å²) in [5.41, 5.74) is 1.35. The van der Waals surface area contributed by atoms with E-state index in [1.165, 1.54) is 75.5 Å². The first-order chi connectivity index (χ1) is 10.3. The smallest absolute Gasteiger partial charge is 0.115 e. The maximum absolute atomic E-state index is 9.23. The van der Waals surface area contributed by atoms with Gasteiger partial charge in [-0.15, -0.1) is 0 Å². The zero-order valence-corrected chi connectivity index (χ0v) is 14.5. The van der Waals surface area contributed by atoms with Crippen molar-refractivity contribution in [2.45, 2.75) is 70.6 Å². The molecular formula is C19H32OS. The summed E-state index contributed by atoms with van der Waals surface area (Å²) in [7, 11) is 0. The molecule has 1 nitrogen and oxygen atoms in total. The molecule has 120 valence electrons. The van der Waals surface area contributed by atoms with Crippen molar-refractivity contribution in [1.82, 2.24) is 0 Å². The van der Waals surface area contributed by atoms with Crippen molar-refractivity contribution in [1.29, 1.82) is 0 Å². The second-order valence-corrected chi connectivity index (χ2v) is 6.93. The van der Waals surface area contributed by atoms with Gasteiger partial charge in [0.15, 0.2) is 0 Å². The molecule has 1 aromatic rings. The van der Waals surface area contributed by atoms with Gasteiger partial charge in [-0.05, 0) is 49.0 Å². The molecular weight excluding hydrogens is 276 g/mol. The Bertz CT molecular complexity index is 334. The van der Waals surface area contributed by atoms with Gasteiger partial charge < -0.3 is 5.11 Å². The van der Waals surface area contributed by atoms with Crippen LogP contribution in [0.3, 0.4) is 0 Å². The number of aryl methyl sites for hydroxylation is 1. The Labute approximate surface area is 135 Å². The molecule has 2 heteroatoms. The van der Waals surface area contributed by atoms with Crippen LogP contribution in [0.1, 0.15) is 69.8 Å². The van der Waals surface area contributed by atoms with E-state index in [4.69, 9.17) is 0 Å². The van der Waals surface area contributed by atoms with Gasteiger partial charge in [-0.2, -0.15) is 11.8 Å². The Morgan fingerprint density at radius 3 is 1.71 bits per heavy atom. The molecule has 0 aromatic heterocycles. The van der Waals surface area contributed by atoms with Crippen LogP contribution < -0.4 is 0 Å². The van der Waals surface area contributed by atoms with E-state index in [-0.39, 0.29) is 0 Å². The number of benzene rings is 1. The van der Waals surface area contributed by atoms with Crippen LogP contribution in [0.25, 0.3) is 0 Å². The van der Waals surface area contributed by atoms with Crippen LogP contribution in [0.4, 0.5) is 0 Å². The molecule has 0 atom stereocenters. The van der Waals surface area contributed by atoms with Crippen molar-refractivity contribution >= 4 is 11.8 Å². The van der Waals surface area contributed by atoms with Crippen LogP contribution in [-0.2, 0) is 6.42 Å². The molecule has 0 radical (unpaired) electrons. The third-order valence-corrected chi connectivity index (χ3v) is 4.70. The molecule has 0 heterocycles. The monoisotopic (exact) mass is 308 g/mol. The largest absolute Gasteiger partial charge is 0.508 e. The molecule has 0 unspecified atom stereocenters. The lowest BCUT2D eigenvalue weighted by Crippen LogP contribution is -1.86. The zero-order valence-electron chi connectivity index (χ0n) is 13.7. The van der Waals surface area contributed by atoms with Gasteiger partial charge in [-0.3, -0.25) is 0 Å². The van der Waals surface area contributed by atoms with E-state index < -0.39 is 0 Å². The molecule has 0 aliphatic rings. The van der Waals surface area contributed by atoms with Crippen molar-refractivity contribution in [2.75, 3.05) is 12.0 Å². The zero-order chi connectivity index (χ0) is 15.2. The SMILES string of the molecule is CSCCCCCCCCCCCCc1ccc(O)cc1. The van der Waals surface area contributed by atoms with Crippen LogP contribution >= 0.6 is 11.8 Å². The maximum Gasteiger partial charge on any atom is 0.115 e. The molecule has 1 N–H and O–H groups in total. The number of phenolic OH excluding ortho intramolecular Hbond substituents is 1. The minimum absolute atomic E-state index is 0.368.